The third-order valence-electron chi connectivity index (χ3n) is 1.80. The zero-order valence-electron chi connectivity index (χ0n) is 8.67. The number of rotatable bonds is 7. The van der Waals surface area contributed by atoms with Gasteiger partial charge in [-0.15, -0.1) is 6.58 Å². The third-order valence-corrected chi connectivity index (χ3v) is 1.80. The summed E-state index contributed by atoms with van der Waals surface area (Å²) in [6.45, 7) is 6.01. The molecule has 0 saturated carbocycles. The van der Waals surface area contributed by atoms with Gasteiger partial charge >= 0.3 is 0 Å². The van der Waals surface area contributed by atoms with Gasteiger partial charge in [0.2, 0.25) is 0 Å². The molecule has 0 aromatic rings. The average molecular weight is 196 g/mol. The Morgan fingerprint density at radius 3 is 2.79 bits per heavy atom. The van der Waals surface area contributed by atoms with Crippen molar-refractivity contribution in [3.8, 4) is 6.19 Å². The molecule has 0 N–H and O–H groups in total. The van der Waals surface area contributed by atoms with Crippen molar-refractivity contribution in [3.05, 3.63) is 24.7 Å². The minimum Gasteiger partial charge on any atom is -0.255 e. The highest BCUT2D eigenvalue weighted by Gasteiger charge is 2.05. The van der Waals surface area contributed by atoms with Crippen molar-refractivity contribution in [2.24, 2.45) is 0 Å². The quantitative estimate of drug-likeness (QED) is 0.205. The molecule has 14 heavy (non-hydrogen) atoms. The largest absolute Gasteiger partial charge is 0.255 e. The molecule has 0 saturated heterocycles. The fourth-order valence-electron chi connectivity index (χ4n) is 0.951. The summed E-state index contributed by atoms with van der Waals surface area (Å²) in [5, 5.41) is 8.65. The minimum atomic E-state index is -0.442. The molecule has 0 aliphatic rings. The molecule has 3 heteroatoms. The van der Waals surface area contributed by atoms with Gasteiger partial charge in [0.15, 0.2) is 12.1 Å². The summed E-state index contributed by atoms with van der Waals surface area (Å²) < 4.78 is 13.2. The van der Waals surface area contributed by atoms with Crippen molar-refractivity contribution < 1.29 is 4.39 Å². The molecular weight excluding hydrogens is 179 g/mol. The first-order chi connectivity index (χ1) is 6.76. The molecule has 2 nitrogen and oxygen atoms in total. The van der Waals surface area contributed by atoms with Crippen LogP contribution in [0, 0.1) is 11.5 Å². The highest BCUT2D eigenvalue weighted by molar-refractivity contribution is 4.98. The molecule has 0 spiro atoms. The van der Waals surface area contributed by atoms with E-state index in [2.05, 4.69) is 6.58 Å². The van der Waals surface area contributed by atoms with Crippen LogP contribution < -0.4 is 0 Å². The first-order valence-electron chi connectivity index (χ1n) is 4.90. The maximum Gasteiger partial charge on any atom is 0.198 e. The van der Waals surface area contributed by atoms with Gasteiger partial charge in [0.05, 0.1) is 0 Å². The molecule has 0 bridgehead atoms. The Morgan fingerprint density at radius 1 is 1.57 bits per heavy atom. The topological polar surface area (TPSA) is 27.0 Å². The molecule has 0 heterocycles. The van der Waals surface area contributed by atoms with E-state index in [1.54, 1.807) is 6.08 Å². The Hall–Kier alpha value is -1.30. The summed E-state index contributed by atoms with van der Waals surface area (Å²) in [6.07, 6.45) is 8.11. The number of nitrogens with zero attached hydrogens (tertiary/aromatic N) is 2. The molecule has 0 rings (SSSR count). The SMILES string of the molecule is C=CCC/C=C(\F)N(C#N)CCCC. The summed E-state index contributed by atoms with van der Waals surface area (Å²) >= 11 is 0. The van der Waals surface area contributed by atoms with Crippen LogP contribution in [0.5, 0.6) is 0 Å². The third kappa shape index (κ3) is 5.36. The van der Waals surface area contributed by atoms with Gasteiger partial charge in [-0.1, -0.05) is 19.4 Å². The normalized spacial score (nSPS) is 10.8. The second-order valence-corrected chi connectivity index (χ2v) is 3.00. The molecule has 78 valence electrons. The number of allylic oxidation sites excluding steroid dienone is 2. The van der Waals surface area contributed by atoms with Crippen LogP contribution >= 0.6 is 0 Å². The average Bonchev–Trinajstić information content (AvgIpc) is 2.19. The summed E-state index contributed by atoms with van der Waals surface area (Å²) in [4.78, 5) is 1.09. The van der Waals surface area contributed by atoms with Crippen LogP contribution in [0.2, 0.25) is 0 Å². The lowest BCUT2D eigenvalue weighted by molar-refractivity contribution is 0.355. The van der Waals surface area contributed by atoms with Gasteiger partial charge < -0.3 is 0 Å². The van der Waals surface area contributed by atoms with Crippen LogP contribution in [0.25, 0.3) is 0 Å². The van der Waals surface area contributed by atoms with Gasteiger partial charge in [0.25, 0.3) is 0 Å². The molecule has 0 amide bonds. The van der Waals surface area contributed by atoms with Crippen LogP contribution in [0.15, 0.2) is 24.7 Å². The van der Waals surface area contributed by atoms with E-state index in [1.807, 2.05) is 13.1 Å². The number of nitriles is 1. The number of hydrogen-bond donors (Lipinski definition) is 0. The van der Waals surface area contributed by atoms with E-state index in [4.69, 9.17) is 5.26 Å². The van der Waals surface area contributed by atoms with Crippen LogP contribution in [0.4, 0.5) is 4.39 Å². The molecule has 0 aliphatic carbocycles. The van der Waals surface area contributed by atoms with E-state index < -0.39 is 5.95 Å². The monoisotopic (exact) mass is 196 g/mol. The minimum absolute atomic E-state index is 0.442. The van der Waals surface area contributed by atoms with E-state index in [-0.39, 0.29) is 0 Å². The van der Waals surface area contributed by atoms with E-state index in [0.29, 0.717) is 13.0 Å². The zero-order chi connectivity index (χ0) is 10.8. The summed E-state index contributed by atoms with van der Waals surface area (Å²) in [7, 11) is 0. The molecule has 0 aliphatic heterocycles. The number of unbranched alkanes of at least 4 members (excludes halogenated alkanes) is 2. The van der Waals surface area contributed by atoms with Crippen molar-refractivity contribution in [1.29, 1.82) is 5.26 Å². The first kappa shape index (κ1) is 12.7. The van der Waals surface area contributed by atoms with Crippen LogP contribution in [0.3, 0.4) is 0 Å². The summed E-state index contributed by atoms with van der Waals surface area (Å²) in [5.41, 5.74) is 0. The van der Waals surface area contributed by atoms with Crippen molar-refractivity contribution in [2.75, 3.05) is 6.54 Å². The highest BCUT2D eigenvalue weighted by Crippen LogP contribution is 2.08. The van der Waals surface area contributed by atoms with Gasteiger partial charge in [-0.2, -0.15) is 9.65 Å². The van der Waals surface area contributed by atoms with Crippen LogP contribution in [-0.4, -0.2) is 11.4 Å². The second kappa shape index (κ2) is 8.31. The van der Waals surface area contributed by atoms with Crippen molar-refractivity contribution in [1.82, 2.24) is 4.90 Å². The molecule has 0 aromatic carbocycles. The van der Waals surface area contributed by atoms with Gasteiger partial charge in [0, 0.05) is 6.54 Å². The smallest absolute Gasteiger partial charge is 0.198 e. The second-order valence-electron chi connectivity index (χ2n) is 3.00. The van der Waals surface area contributed by atoms with Crippen molar-refractivity contribution >= 4 is 0 Å². The fraction of sp³-hybridized carbons (Fsp3) is 0.545. The molecule has 0 unspecified atom stereocenters. The molecule has 0 aromatic heterocycles. The van der Waals surface area contributed by atoms with Gasteiger partial charge in [0.1, 0.15) is 0 Å². The van der Waals surface area contributed by atoms with E-state index in [0.717, 1.165) is 24.2 Å². The Kier molecular flexibility index (Phi) is 7.53. The van der Waals surface area contributed by atoms with Gasteiger partial charge in [-0.3, -0.25) is 4.90 Å². The first-order valence-corrected chi connectivity index (χ1v) is 4.90. The number of halogens is 1. The lowest BCUT2D eigenvalue weighted by atomic mass is 10.3. The highest BCUT2D eigenvalue weighted by atomic mass is 19.1. The van der Waals surface area contributed by atoms with Crippen molar-refractivity contribution in [2.45, 2.75) is 32.6 Å². The molecule has 0 atom stereocenters. The molecule has 0 radical (unpaired) electrons. The van der Waals surface area contributed by atoms with Crippen molar-refractivity contribution in [3.63, 3.8) is 0 Å². The van der Waals surface area contributed by atoms with Crippen LogP contribution in [-0.2, 0) is 0 Å². The van der Waals surface area contributed by atoms with E-state index >= 15 is 0 Å². The van der Waals surface area contributed by atoms with Crippen LogP contribution in [0.1, 0.15) is 32.6 Å². The van der Waals surface area contributed by atoms with Gasteiger partial charge in [-0.25, -0.2) is 0 Å². The molecule has 0 fully saturated rings. The van der Waals surface area contributed by atoms with E-state index in [9.17, 15) is 4.39 Å². The lowest BCUT2D eigenvalue weighted by Gasteiger charge is -2.11. The number of hydrogen-bond acceptors (Lipinski definition) is 2. The lowest BCUT2D eigenvalue weighted by Crippen LogP contribution is -2.15. The predicted molar refractivity (Wildman–Crippen MR) is 55.8 cm³/mol. The Labute approximate surface area is 85.3 Å². The fourth-order valence-corrected chi connectivity index (χ4v) is 0.951. The maximum atomic E-state index is 13.2. The van der Waals surface area contributed by atoms with Gasteiger partial charge in [-0.05, 0) is 25.3 Å². The zero-order valence-corrected chi connectivity index (χ0v) is 8.67. The standard InChI is InChI=1S/C11H17FN2/c1-3-5-7-8-11(12)14(10-13)9-6-4-2/h3,8H,1,4-7,9H2,2H3/b11-8+. The Balaban J connectivity index is 4.02. The summed E-state index contributed by atoms with van der Waals surface area (Å²) in [6, 6.07) is 0. The molecular formula is C11H17FN2. The maximum absolute atomic E-state index is 13.2. The van der Waals surface area contributed by atoms with E-state index in [1.165, 1.54) is 6.08 Å². The summed E-state index contributed by atoms with van der Waals surface area (Å²) in [5.74, 6) is -0.442. The Morgan fingerprint density at radius 2 is 2.29 bits per heavy atom. The Bertz CT molecular complexity index is 228. The predicted octanol–water partition coefficient (Wildman–Crippen LogP) is 3.35.